The van der Waals surface area contributed by atoms with Crippen LogP contribution < -0.4 is 5.32 Å². The van der Waals surface area contributed by atoms with Crippen LogP contribution in [0.2, 0.25) is 5.02 Å². The lowest BCUT2D eigenvalue weighted by Crippen LogP contribution is -2.47. The molecule has 0 aromatic heterocycles. The van der Waals surface area contributed by atoms with E-state index in [2.05, 4.69) is 5.32 Å². The van der Waals surface area contributed by atoms with Gasteiger partial charge in [0, 0.05) is 17.9 Å². The van der Waals surface area contributed by atoms with Crippen LogP contribution in [0.5, 0.6) is 0 Å². The monoisotopic (exact) mass is 391 g/mol. The van der Waals surface area contributed by atoms with Crippen molar-refractivity contribution in [1.29, 1.82) is 0 Å². The van der Waals surface area contributed by atoms with Crippen molar-refractivity contribution in [2.45, 2.75) is 51.7 Å². The van der Waals surface area contributed by atoms with Crippen LogP contribution in [-0.4, -0.2) is 24.3 Å². The molecular weight excluding hydrogens is 366 g/mol. The lowest BCUT2D eigenvalue weighted by molar-refractivity contribution is -0.142. The lowest BCUT2D eigenvalue weighted by Gasteiger charge is -2.36. The van der Waals surface area contributed by atoms with E-state index in [1.807, 2.05) is 51.1 Å². The molecule has 1 aromatic rings. The number of ether oxygens (including phenoxy) is 2. The standard InChI is InChI=1S/C21H26ClNO4/c1-5-18(24)26-14-15-7-6-12-21(13-15,16-8-10-17(22)11-9-16)23-19(25)27-20(2,3)4/h6-12H,5,13-14H2,1-4H3,(H,23,25)/t21-/m0/s1. The van der Waals surface area contributed by atoms with Gasteiger partial charge in [0.05, 0.1) is 5.54 Å². The highest BCUT2D eigenvalue weighted by atomic mass is 35.5. The first-order chi connectivity index (χ1) is 12.6. The summed E-state index contributed by atoms with van der Waals surface area (Å²) in [6.45, 7) is 7.37. The van der Waals surface area contributed by atoms with Gasteiger partial charge in [-0.1, -0.05) is 48.9 Å². The summed E-state index contributed by atoms with van der Waals surface area (Å²) in [6.07, 6.45) is 5.92. The molecule has 27 heavy (non-hydrogen) atoms. The molecule has 0 aliphatic heterocycles. The maximum absolute atomic E-state index is 12.5. The molecule has 0 spiro atoms. The van der Waals surface area contributed by atoms with E-state index in [9.17, 15) is 9.59 Å². The number of nitrogens with one attached hydrogen (secondary N) is 1. The Morgan fingerprint density at radius 2 is 1.89 bits per heavy atom. The zero-order valence-corrected chi connectivity index (χ0v) is 16.9. The minimum Gasteiger partial charge on any atom is -0.461 e. The SMILES string of the molecule is CCC(=O)OCC1=CC=C[C@@](NC(=O)OC(C)(C)C)(c2ccc(Cl)cc2)C1. The Kier molecular flexibility index (Phi) is 6.71. The van der Waals surface area contributed by atoms with E-state index in [-0.39, 0.29) is 12.6 Å². The van der Waals surface area contributed by atoms with Gasteiger partial charge < -0.3 is 14.8 Å². The van der Waals surface area contributed by atoms with Gasteiger partial charge >= 0.3 is 12.1 Å². The summed E-state index contributed by atoms with van der Waals surface area (Å²) < 4.78 is 10.7. The Labute approximate surface area is 165 Å². The summed E-state index contributed by atoms with van der Waals surface area (Å²) in [6, 6.07) is 7.28. The summed E-state index contributed by atoms with van der Waals surface area (Å²) in [4.78, 5) is 24.0. The van der Waals surface area contributed by atoms with Crippen molar-refractivity contribution in [3.63, 3.8) is 0 Å². The number of benzene rings is 1. The molecule has 0 radical (unpaired) electrons. The normalized spacial score (nSPS) is 19.2. The number of hydrogen-bond donors (Lipinski definition) is 1. The average Bonchev–Trinajstić information content (AvgIpc) is 2.58. The van der Waals surface area contributed by atoms with Crippen LogP contribution in [0.4, 0.5) is 4.79 Å². The third-order valence-corrected chi connectivity index (χ3v) is 4.26. The second kappa shape index (κ2) is 8.61. The number of alkyl carbamates (subject to hydrolysis) is 1. The molecule has 5 nitrogen and oxygen atoms in total. The van der Waals surface area contributed by atoms with E-state index in [1.54, 1.807) is 19.1 Å². The number of carbonyl (C=O) groups excluding carboxylic acids is 2. The van der Waals surface area contributed by atoms with E-state index in [0.717, 1.165) is 11.1 Å². The van der Waals surface area contributed by atoms with E-state index >= 15 is 0 Å². The molecule has 0 fully saturated rings. The third kappa shape index (κ3) is 6.14. The molecule has 1 amide bonds. The molecule has 2 rings (SSSR count). The van der Waals surface area contributed by atoms with E-state index in [0.29, 0.717) is 17.9 Å². The quantitative estimate of drug-likeness (QED) is 0.725. The summed E-state index contributed by atoms with van der Waals surface area (Å²) in [5, 5.41) is 3.59. The van der Waals surface area contributed by atoms with Gasteiger partial charge in [0.1, 0.15) is 12.2 Å². The first-order valence-corrected chi connectivity index (χ1v) is 9.31. The van der Waals surface area contributed by atoms with Crippen LogP contribution in [-0.2, 0) is 19.8 Å². The van der Waals surface area contributed by atoms with Crippen molar-refractivity contribution in [3.8, 4) is 0 Å². The highest BCUT2D eigenvalue weighted by molar-refractivity contribution is 6.30. The van der Waals surface area contributed by atoms with Crippen LogP contribution >= 0.6 is 11.6 Å². The summed E-state index contributed by atoms with van der Waals surface area (Å²) in [7, 11) is 0. The van der Waals surface area contributed by atoms with Crippen molar-refractivity contribution in [3.05, 3.63) is 58.7 Å². The summed E-state index contributed by atoms with van der Waals surface area (Å²) in [5.41, 5.74) is 0.334. The molecule has 146 valence electrons. The van der Waals surface area contributed by atoms with Crippen LogP contribution in [0.15, 0.2) is 48.1 Å². The highest BCUT2D eigenvalue weighted by Crippen LogP contribution is 2.34. The number of esters is 1. The molecule has 1 N–H and O–H groups in total. The zero-order valence-electron chi connectivity index (χ0n) is 16.2. The second-order valence-corrected chi connectivity index (χ2v) is 7.92. The number of carbonyl (C=O) groups is 2. The third-order valence-electron chi connectivity index (χ3n) is 4.01. The largest absolute Gasteiger partial charge is 0.461 e. The van der Waals surface area contributed by atoms with E-state index in [4.69, 9.17) is 21.1 Å². The van der Waals surface area contributed by atoms with Gasteiger partial charge in [-0.3, -0.25) is 4.79 Å². The molecule has 0 unspecified atom stereocenters. The molecule has 0 saturated carbocycles. The number of allylic oxidation sites excluding steroid dienone is 2. The molecule has 1 aromatic carbocycles. The fourth-order valence-corrected chi connectivity index (χ4v) is 2.91. The molecule has 6 heteroatoms. The van der Waals surface area contributed by atoms with Crippen molar-refractivity contribution < 1.29 is 19.1 Å². The lowest BCUT2D eigenvalue weighted by atomic mass is 9.80. The minimum absolute atomic E-state index is 0.183. The summed E-state index contributed by atoms with van der Waals surface area (Å²) in [5.74, 6) is -0.261. The van der Waals surface area contributed by atoms with Crippen LogP contribution in [0.25, 0.3) is 0 Å². The second-order valence-electron chi connectivity index (χ2n) is 7.48. The Bertz CT molecular complexity index is 746. The Hall–Kier alpha value is -2.27. The van der Waals surface area contributed by atoms with Gasteiger partial charge in [-0.2, -0.15) is 0 Å². The smallest absolute Gasteiger partial charge is 0.408 e. The van der Waals surface area contributed by atoms with Crippen LogP contribution in [0.3, 0.4) is 0 Å². The number of halogens is 1. The van der Waals surface area contributed by atoms with Gasteiger partial charge in [0.2, 0.25) is 0 Å². The Morgan fingerprint density at radius 3 is 2.48 bits per heavy atom. The molecule has 0 heterocycles. The van der Waals surface area contributed by atoms with Crippen molar-refractivity contribution in [2.24, 2.45) is 0 Å². The number of hydrogen-bond acceptors (Lipinski definition) is 4. The molecule has 1 aliphatic rings. The molecule has 0 saturated heterocycles. The predicted octanol–water partition coefficient (Wildman–Crippen LogP) is 4.90. The minimum atomic E-state index is -0.810. The van der Waals surface area contributed by atoms with Gasteiger partial charge in [-0.05, 0) is 44.0 Å². The zero-order chi connectivity index (χ0) is 20.1. The predicted molar refractivity (Wildman–Crippen MR) is 106 cm³/mol. The fraction of sp³-hybridized carbons (Fsp3) is 0.429. The Morgan fingerprint density at radius 1 is 1.22 bits per heavy atom. The summed E-state index contributed by atoms with van der Waals surface area (Å²) >= 11 is 6.02. The first kappa shape index (κ1) is 21.0. The molecular formula is C21H26ClNO4. The van der Waals surface area contributed by atoms with Gasteiger partial charge in [-0.25, -0.2) is 4.79 Å². The van der Waals surface area contributed by atoms with Gasteiger partial charge in [0.25, 0.3) is 0 Å². The van der Waals surface area contributed by atoms with Gasteiger partial charge in [0.15, 0.2) is 0 Å². The van der Waals surface area contributed by atoms with Crippen molar-refractivity contribution in [2.75, 3.05) is 6.61 Å². The maximum Gasteiger partial charge on any atom is 0.408 e. The molecule has 0 bridgehead atoms. The number of amides is 1. The van der Waals surface area contributed by atoms with Crippen LogP contribution in [0, 0.1) is 0 Å². The molecule has 1 aliphatic carbocycles. The molecule has 1 atom stereocenters. The van der Waals surface area contributed by atoms with Crippen molar-refractivity contribution >= 4 is 23.7 Å². The highest BCUT2D eigenvalue weighted by Gasteiger charge is 2.35. The fourth-order valence-electron chi connectivity index (χ4n) is 2.79. The Balaban J connectivity index is 2.27. The average molecular weight is 392 g/mol. The van der Waals surface area contributed by atoms with E-state index < -0.39 is 17.2 Å². The van der Waals surface area contributed by atoms with E-state index in [1.165, 1.54) is 0 Å². The number of rotatable bonds is 5. The maximum atomic E-state index is 12.5. The van der Waals surface area contributed by atoms with Gasteiger partial charge in [-0.15, -0.1) is 0 Å². The van der Waals surface area contributed by atoms with Crippen LogP contribution in [0.1, 0.15) is 46.1 Å². The topological polar surface area (TPSA) is 64.6 Å². The van der Waals surface area contributed by atoms with Crippen molar-refractivity contribution in [1.82, 2.24) is 5.32 Å². The first-order valence-electron chi connectivity index (χ1n) is 8.93.